The molecule has 3 rings (SSSR count). The van der Waals surface area contributed by atoms with Crippen molar-refractivity contribution in [2.24, 2.45) is 11.7 Å². The van der Waals surface area contributed by atoms with E-state index >= 15 is 0 Å². The zero-order valence-electron chi connectivity index (χ0n) is 13.2. The molecule has 1 saturated heterocycles. The van der Waals surface area contributed by atoms with Crippen LogP contribution in [0.15, 0.2) is 48.5 Å². The molecule has 1 fully saturated rings. The highest BCUT2D eigenvalue weighted by Gasteiger charge is 2.35. The molecule has 0 saturated carbocycles. The fourth-order valence-corrected chi connectivity index (χ4v) is 3.35. The van der Waals surface area contributed by atoms with Crippen molar-refractivity contribution >= 4 is 5.91 Å². The van der Waals surface area contributed by atoms with Gasteiger partial charge in [0, 0.05) is 24.6 Å². The Morgan fingerprint density at radius 3 is 2.65 bits per heavy atom. The zero-order chi connectivity index (χ0) is 16.4. The van der Waals surface area contributed by atoms with Crippen LogP contribution in [0.3, 0.4) is 0 Å². The standard InChI is InChI=1S/C19H21FN2O/c1-13-7-8-16(20)9-17(13)19(23)22-11-15(10-21)18(12-22)14-5-3-2-4-6-14/h2-9,15,18H,10-12,21H2,1H3/t15-,18+/m1/s1. The molecular formula is C19H21FN2O. The van der Waals surface area contributed by atoms with Crippen LogP contribution >= 0.6 is 0 Å². The van der Waals surface area contributed by atoms with Gasteiger partial charge in [-0.15, -0.1) is 0 Å². The van der Waals surface area contributed by atoms with Crippen LogP contribution in [0.5, 0.6) is 0 Å². The average molecular weight is 312 g/mol. The lowest BCUT2D eigenvalue weighted by Gasteiger charge is -2.18. The molecule has 0 radical (unpaired) electrons. The van der Waals surface area contributed by atoms with E-state index < -0.39 is 0 Å². The first-order valence-electron chi connectivity index (χ1n) is 7.90. The van der Waals surface area contributed by atoms with E-state index in [1.807, 2.05) is 25.1 Å². The first kappa shape index (κ1) is 15.7. The number of aryl methyl sites for hydroxylation is 1. The second-order valence-corrected chi connectivity index (χ2v) is 6.18. The predicted octanol–water partition coefficient (Wildman–Crippen LogP) is 2.95. The number of nitrogens with zero attached hydrogens (tertiary/aromatic N) is 1. The van der Waals surface area contributed by atoms with E-state index in [1.165, 1.54) is 17.7 Å². The first-order valence-corrected chi connectivity index (χ1v) is 7.90. The Kier molecular flexibility index (Phi) is 4.44. The highest BCUT2D eigenvalue weighted by Crippen LogP contribution is 2.33. The molecule has 120 valence electrons. The summed E-state index contributed by atoms with van der Waals surface area (Å²) in [6, 6.07) is 14.5. The Labute approximate surface area is 135 Å². The molecule has 2 N–H and O–H groups in total. The monoisotopic (exact) mass is 312 g/mol. The summed E-state index contributed by atoms with van der Waals surface area (Å²) >= 11 is 0. The van der Waals surface area contributed by atoms with Crippen molar-refractivity contribution in [2.45, 2.75) is 12.8 Å². The molecule has 0 spiro atoms. The molecule has 23 heavy (non-hydrogen) atoms. The number of carbonyl (C=O) groups excluding carboxylic acids is 1. The molecule has 1 aliphatic rings. The van der Waals surface area contributed by atoms with Gasteiger partial charge in [0.2, 0.25) is 0 Å². The van der Waals surface area contributed by atoms with Crippen molar-refractivity contribution in [3.05, 3.63) is 71.0 Å². The fraction of sp³-hybridized carbons (Fsp3) is 0.316. The van der Waals surface area contributed by atoms with E-state index in [9.17, 15) is 9.18 Å². The van der Waals surface area contributed by atoms with Gasteiger partial charge in [-0.1, -0.05) is 36.4 Å². The van der Waals surface area contributed by atoms with Crippen LogP contribution in [0.2, 0.25) is 0 Å². The zero-order valence-corrected chi connectivity index (χ0v) is 13.2. The van der Waals surface area contributed by atoms with Gasteiger partial charge in [0.1, 0.15) is 5.82 Å². The van der Waals surface area contributed by atoms with Crippen molar-refractivity contribution in [1.82, 2.24) is 4.90 Å². The van der Waals surface area contributed by atoms with Crippen molar-refractivity contribution in [2.75, 3.05) is 19.6 Å². The van der Waals surface area contributed by atoms with Crippen LogP contribution in [-0.4, -0.2) is 30.4 Å². The Morgan fingerprint density at radius 1 is 1.22 bits per heavy atom. The number of likely N-dealkylation sites (tertiary alicyclic amines) is 1. The smallest absolute Gasteiger partial charge is 0.254 e. The minimum Gasteiger partial charge on any atom is -0.338 e. The molecule has 2 atom stereocenters. The molecule has 1 aliphatic heterocycles. The minimum absolute atomic E-state index is 0.112. The number of halogens is 1. The number of amides is 1. The third kappa shape index (κ3) is 3.13. The van der Waals surface area contributed by atoms with E-state index in [2.05, 4.69) is 12.1 Å². The summed E-state index contributed by atoms with van der Waals surface area (Å²) in [5.74, 6) is -0.0266. The maximum atomic E-state index is 13.5. The van der Waals surface area contributed by atoms with Crippen molar-refractivity contribution < 1.29 is 9.18 Å². The van der Waals surface area contributed by atoms with Crippen molar-refractivity contribution in [1.29, 1.82) is 0 Å². The van der Waals surface area contributed by atoms with Gasteiger partial charge in [-0.2, -0.15) is 0 Å². The van der Waals surface area contributed by atoms with Crippen LogP contribution in [-0.2, 0) is 0 Å². The summed E-state index contributed by atoms with van der Waals surface area (Å²) in [5.41, 5.74) is 8.36. The third-order valence-electron chi connectivity index (χ3n) is 4.69. The maximum absolute atomic E-state index is 13.5. The highest BCUT2D eigenvalue weighted by atomic mass is 19.1. The van der Waals surface area contributed by atoms with Gasteiger partial charge in [0.15, 0.2) is 0 Å². The molecular weight excluding hydrogens is 291 g/mol. The normalized spacial score (nSPS) is 20.7. The summed E-state index contributed by atoms with van der Waals surface area (Å²) < 4.78 is 13.5. The second kappa shape index (κ2) is 6.50. The number of rotatable bonds is 3. The van der Waals surface area contributed by atoms with Crippen LogP contribution < -0.4 is 5.73 Å². The van der Waals surface area contributed by atoms with E-state index in [0.29, 0.717) is 25.2 Å². The minimum atomic E-state index is -0.381. The Balaban J connectivity index is 1.84. The fourth-order valence-electron chi connectivity index (χ4n) is 3.35. The van der Waals surface area contributed by atoms with E-state index in [-0.39, 0.29) is 23.6 Å². The number of carbonyl (C=O) groups is 1. The molecule has 1 heterocycles. The summed E-state index contributed by atoms with van der Waals surface area (Å²) in [6.07, 6.45) is 0. The van der Waals surface area contributed by atoms with Crippen molar-refractivity contribution in [3.8, 4) is 0 Å². The average Bonchev–Trinajstić information content (AvgIpc) is 3.01. The molecule has 3 nitrogen and oxygen atoms in total. The summed E-state index contributed by atoms with van der Waals surface area (Å²) in [6.45, 7) is 3.61. The molecule has 0 aliphatic carbocycles. The van der Waals surface area contributed by atoms with Gasteiger partial charge < -0.3 is 10.6 Å². The van der Waals surface area contributed by atoms with Crippen LogP contribution in [0.1, 0.15) is 27.4 Å². The number of hydrogen-bond acceptors (Lipinski definition) is 2. The topological polar surface area (TPSA) is 46.3 Å². The number of benzene rings is 2. The third-order valence-corrected chi connectivity index (χ3v) is 4.69. The van der Waals surface area contributed by atoms with Gasteiger partial charge in [0.05, 0.1) is 0 Å². The van der Waals surface area contributed by atoms with Gasteiger partial charge in [-0.05, 0) is 42.6 Å². The molecule has 0 unspecified atom stereocenters. The second-order valence-electron chi connectivity index (χ2n) is 6.18. The van der Waals surface area contributed by atoms with Crippen LogP contribution in [0.4, 0.5) is 4.39 Å². The molecule has 1 amide bonds. The molecule has 0 bridgehead atoms. The predicted molar refractivity (Wildman–Crippen MR) is 88.8 cm³/mol. The molecule has 0 aromatic heterocycles. The van der Waals surface area contributed by atoms with E-state index in [1.54, 1.807) is 11.0 Å². The van der Waals surface area contributed by atoms with Crippen LogP contribution in [0, 0.1) is 18.7 Å². The van der Waals surface area contributed by atoms with Gasteiger partial charge in [-0.25, -0.2) is 4.39 Å². The van der Waals surface area contributed by atoms with E-state index in [4.69, 9.17) is 5.73 Å². The van der Waals surface area contributed by atoms with E-state index in [0.717, 1.165) is 5.56 Å². The molecule has 2 aromatic carbocycles. The van der Waals surface area contributed by atoms with Gasteiger partial charge in [-0.3, -0.25) is 4.79 Å². The summed E-state index contributed by atoms with van der Waals surface area (Å²) in [5, 5.41) is 0. The summed E-state index contributed by atoms with van der Waals surface area (Å²) in [4.78, 5) is 14.6. The Hall–Kier alpha value is -2.20. The quantitative estimate of drug-likeness (QED) is 0.947. The lowest BCUT2D eigenvalue weighted by atomic mass is 9.89. The molecule has 2 aromatic rings. The van der Waals surface area contributed by atoms with Gasteiger partial charge in [0.25, 0.3) is 5.91 Å². The lowest BCUT2D eigenvalue weighted by molar-refractivity contribution is 0.0785. The maximum Gasteiger partial charge on any atom is 0.254 e. The highest BCUT2D eigenvalue weighted by molar-refractivity contribution is 5.95. The Bertz CT molecular complexity index is 702. The number of nitrogens with two attached hydrogens (primary N) is 1. The largest absolute Gasteiger partial charge is 0.338 e. The molecule has 4 heteroatoms. The summed E-state index contributed by atoms with van der Waals surface area (Å²) in [7, 11) is 0. The number of hydrogen-bond donors (Lipinski definition) is 1. The first-order chi connectivity index (χ1) is 11.1. The SMILES string of the molecule is Cc1ccc(F)cc1C(=O)N1C[C@@H](CN)[C@H](c2ccccc2)C1. The van der Waals surface area contributed by atoms with Crippen molar-refractivity contribution in [3.63, 3.8) is 0 Å². The Morgan fingerprint density at radius 2 is 1.96 bits per heavy atom. The lowest BCUT2D eigenvalue weighted by Crippen LogP contribution is -2.30. The van der Waals surface area contributed by atoms with Crippen LogP contribution in [0.25, 0.3) is 0 Å². The van der Waals surface area contributed by atoms with Gasteiger partial charge >= 0.3 is 0 Å².